The summed E-state index contributed by atoms with van der Waals surface area (Å²) in [6, 6.07) is -1.09. The minimum absolute atomic E-state index is 0.0570. The van der Waals surface area contributed by atoms with Crippen molar-refractivity contribution < 1.29 is 26.9 Å². The molecule has 0 radical (unpaired) electrons. The molecule has 0 spiro atoms. The Morgan fingerprint density at radius 1 is 1.31 bits per heavy atom. The fraction of sp³-hybridized carbons (Fsp3) is 0.667. The van der Waals surface area contributed by atoms with E-state index in [0.29, 0.717) is 4.68 Å². The maximum absolute atomic E-state index is 13.9. The highest BCUT2D eigenvalue weighted by Crippen LogP contribution is 2.37. The minimum Gasteiger partial charge on any atom is -0.414 e. The van der Waals surface area contributed by atoms with E-state index in [4.69, 9.17) is 4.43 Å². The summed E-state index contributed by atoms with van der Waals surface area (Å²) in [5, 5.41) is 21.2. The summed E-state index contributed by atoms with van der Waals surface area (Å²) in [7, 11) is -2.35. The van der Waals surface area contributed by atoms with Gasteiger partial charge in [0.2, 0.25) is 0 Å². The highest BCUT2D eigenvalue weighted by Gasteiger charge is 2.39. The van der Waals surface area contributed by atoms with Gasteiger partial charge in [-0.25, -0.2) is 4.68 Å². The zero-order valence-corrected chi connectivity index (χ0v) is 17.6. The Morgan fingerprint density at radius 3 is 2.41 bits per heavy atom. The van der Waals surface area contributed by atoms with Crippen LogP contribution in [0.1, 0.15) is 32.5 Å². The van der Waals surface area contributed by atoms with Crippen molar-refractivity contribution >= 4 is 14.0 Å². The third-order valence-electron chi connectivity index (χ3n) is 4.91. The third-order valence-corrected chi connectivity index (χ3v) is 9.41. The summed E-state index contributed by atoms with van der Waals surface area (Å²) < 4.78 is 60.1. The smallest absolute Gasteiger partial charge is 0.408 e. The van der Waals surface area contributed by atoms with Gasteiger partial charge in [0.05, 0.1) is 23.4 Å². The Labute approximate surface area is 164 Å². The van der Waals surface area contributed by atoms with Crippen molar-refractivity contribution in [3.05, 3.63) is 34.1 Å². The summed E-state index contributed by atoms with van der Waals surface area (Å²) in [5.41, 5.74) is -0.949. The second-order valence-electron chi connectivity index (χ2n) is 8.06. The fourth-order valence-corrected chi connectivity index (χ4v) is 3.27. The molecule has 1 atom stereocenters. The van der Waals surface area contributed by atoms with Gasteiger partial charge in [-0.1, -0.05) is 26.0 Å². The lowest BCUT2D eigenvalue weighted by atomic mass is 10.2. The second-order valence-corrected chi connectivity index (χ2v) is 12.9. The first-order valence-electron chi connectivity index (χ1n) is 8.60. The molecule has 2 aromatic rings. The van der Waals surface area contributed by atoms with Crippen molar-refractivity contribution in [1.82, 2.24) is 24.8 Å². The van der Waals surface area contributed by atoms with Crippen molar-refractivity contribution in [2.24, 2.45) is 0 Å². The van der Waals surface area contributed by atoms with Gasteiger partial charge in [-0.15, -0.1) is 10.2 Å². The number of nitrogens with zero attached hydrogens (tertiary/aromatic N) is 6. The highest BCUT2D eigenvalue weighted by atomic mass is 28.4. The summed E-state index contributed by atoms with van der Waals surface area (Å²) in [4.78, 5) is 9.99. The lowest BCUT2D eigenvalue weighted by molar-refractivity contribution is -0.387. The van der Waals surface area contributed by atoms with E-state index < -0.39 is 43.6 Å². The van der Waals surface area contributed by atoms with E-state index in [1.165, 1.54) is 0 Å². The number of halogens is 4. The van der Waals surface area contributed by atoms with Gasteiger partial charge in [-0.3, -0.25) is 14.8 Å². The van der Waals surface area contributed by atoms with E-state index in [1.807, 2.05) is 33.9 Å². The molecule has 2 aromatic heterocycles. The first kappa shape index (κ1) is 22.9. The molecule has 0 bridgehead atoms. The predicted molar refractivity (Wildman–Crippen MR) is 96.2 cm³/mol. The van der Waals surface area contributed by atoms with E-state index >= 15 is 0 Å². The van der Waals surface area contributed by atoms with Gasteiger partial charge in [0.15, 0.2) is 8.32 Å². The number of hydrogen-bond acceptors (Lipinski definition) is 6. The van der Waals surface area contributed by atoms with Crippen molar-refractivity contribution in [3.8, 4) is 0 Å². The van der Waals surface area contributed by atoms with Crippen molar-refractivity contribution in [2.75, 3.05) is 6.61 Å². The monoisotopic (exact) mass is 438 g/mol. The molecule has 0 aliphatic heterocycles. The molecule has 1 unspecified atom stereocenters. The molecule has 0 aliphatic rings. The van der Waals surface area contributed by atoms with Gasteiger partial charge in [0.25, 0.3) is 0 Å². The van der Waals surface area contributed by atoms with Gasteiger partial charge in [0, 0.05) is 0 Å². The topological polar surface area (TPSA) is 101 Å². The van der Waals surface area contributed by atoms with Crippen LogP contribution in [0.3, 0.4) is 0 Å². The van der Waals surface area contributed by atoms with Crippen molar-refractivity contribution in [3.63, 3.8) is 0 Å². The zero-order chi connectivity index (χ0) is 22.2. The highest BCUT2D eigenvalue weighted by molar-refractivity contribution is 6.74. The lowest BCUT2D eigenvalue weighted by Crippen LogP contribution is -2.42. The van der Waals surface area contributed by atoms with Crippen LogP contribution >= 0.6 is 0 Å². The Bertz CT molecular complexity index is 874. The molecule has 2 rings (SSSR count). The van der Waals surface area contributed by atoms with Crippen LogP contribution in [0.5, 0.6) is 0 Å². The zero-order valence-electron chi connectivity index (χ0n) is 16.6. The molecule has 0 N–H and O–H groups in total. The van der Waals surface area contributed by atoms with Crippen LogP contribution in [0.4, 0.5) is 23.2 Å². The van der Waals surface area contributed by atoms with Gasteiger partial charge < -0.3 is 4.43 Å². The second kappa shape index (κ2) is 7.82. The molecule has 0 saturated heterocycles. The van der Waals surface area contributed by atoms with Crippen LogP contribution in [0.25, 0.3) is 0 Å². The van der Waals surface area contributed by atoms with E-state index in [1.54, 1.807) is 0 Å². The molecule has 0 aromatic carbocycles. The van der Waals surface area contributed by atoms with Gasteiger partial charge in [-0.05, 0) is 18.1 Å². The fourth-order valence-electron chi connectivity index (χ4n) is 2.26. The molecular formula is C15H22F4N6O3Si. The van der Waals surface area contributed by atoms with Crippen LogP contribution < -0.4 is 0 Å². The van der Waals surface area contributed by atoms with E-state index in [2.05, 4.69) is 15.4 Å². The summed E-state index contributed by atoms with van der Waals surface area (Å²) >= 11 is 0. The number of alkyl halides is 3. The normalized spacial score (nSPS) is 14.2. The Morgan fingerprint density at radius 2 is 1.93 bits per heavy atom. The van der Waals surface area contributed by atoms with Gasteiger partial charge in [-0.2, -0.15) is 17.6 Å². The molecule has 0 saturated carbocycles. The third kappa shape index (κ3) is 5.38. The average molecular weight is 438 g/mol. The van der Waals surface area contributed by atoms with Crippen molar-refractivity contribution in [1.29, 1.82) is 0 Å². The molecule has 29 heavy (non-hydrogen) atoms. The van der Waals surface area contributed by atoms with Crippen LogP contribution in [0, 0.1) is 16.1 Å². The summed E-state index contributed by atoms with van der Waals surface area (Å²) in [5.74, 6) is -1.35. The summed E-state index contributed by atoms with van der Waals surface area (Å²) in [6.07, 6.45) is -2.68. The quantitative estimate of drug-likeness (QED) is 0.283. The standard InChI is InChI=1S/C15H22F4N6O3Si/c1-14(2,3)29(4,5)28-8-12(23-7-11(25(26)27)13(16)21-23)10-6-20-22-24(10)9-15(17,18)19/h6-7,12H,8-9H2,1-5H3. The lowest BCUT2D eigenvalue weighted by Gasteiger charge is -2.37. The molecular weight excluding hydrogens is 416 g/mol. The van der Waals surface area contributed by atoms with Crippen LogP contribution in [0.2, 0.25) is 18.1 Å². The molecule has 0 amide bonds. The maximum Gasteiger partial charge on any atom is 0.408 e. The molecule has 2 heterocycles. The number of rotatable bonds is 7. The number of nitro groups is 1. The Balaban J connectivity index is 2.46. The molecule has 0 fully saturated rings. The summed E-state index contributed by atoms with van der Waals surface area (Å²) in [6.45, 7) is 8.18. The Kier molecular flexibility index (Phi) is 6.18. The van der Waals surface area contributed by atoms with E-state index in [0.717, 1.165) is 17.1 Å². The molecule has 14 heteroatoms. The maximum atomic E-state index is 13.9. The number of hydrogen-bond donors (Lipinski definition) is 0. The Hall–Kier alpha value is -2.35. The first-order valence-corrected chi connectivity index (χ1v) is 11.5. The van der Waals surface area contributed by atoms with E-state index in [9.17, 15) is 27.7 Å². The SMILES string of the molecule is CC(C)(C)[Si](C)(C)OCC(c1cnnn1CC(F)(F)F)n1cc([N+](=O)[O-])c(F)n1. The van der Waals surface area contributed by atoms with Crippen molar-refractivity contribution in [2.45, 2.75) is 57.7 Å². The predicted octanol–water partition coefficient (Wildman–Crippen LogP) is 3.70. The van der Waals surface area contributed by atoms with Crippen LogP contribution in [0.15, 0.2) is 12.4 Å². The molecule has 0 aliphatic carbocycles. The largest absolute Gasteiger partial charge is 0.414 e. The van der Waals surface area contributed by atoms with E-state index in [-0.39, 0.29) is 17.3 Å². The average Bonchev–Trinajstić information content (AvgIpc) is 3.12. The molecule has 162 valence electrons. The minimum atomic E-state index is -4.57. The van der Waals surface area contributed by atoms with Crippen LogP contribution in [-0.2, 0) is 11.0 Å². The first-order chi connectivity index (χ1) is 13.1. The number of aromatic nitrogens is 5. The van der Waals surface area contributed by atoms with Gasteiger partial charge >= 0.3 is 17.8 Å². The van der Waals surface area contributed by atoms with Crippen LogP contribution in [-0.4, -0.2) is 50.8 Å². The van der Waals surface area contributed by atoms with Gasteiger partial charge in [0.1, 0.15) is 18.8 Å². The molecule has 9 nitrogen and oxygen atoms in total.